The number of nitrogens with one attached hydrogen (secondary N) is 1. The summed E-state index contributed by atoms with van der Waals surface area (Å²) < 4.78 is 0. The average Bonchev–Trinajstić information content (AvgIpc) is 2.59. The maximum Gasteiger partial charge on any atom is 0.291 e. The van der Waals surface area contributed by atoms with Gasteiger partial charge in [0.15, 0.2) is 5.75 Å². The van der Waals surface area contributed by atoms with E-state index >= 15 is 0 Å². The number of nitrogens with zero attached hydrogens (tertiary/aromatic N) is 1. The Bertz CT molecular complexity index is 862. The molecule has 0 unspecified atom stereocenters. The van der Waals surface area contributed by atoms with Crippen LogP contribution < -0.4 is 5.56 Å². The molecule has 26 heavy (non-hydrogen) atoms. The lowest BCUT2D eigenvalue weighted by Crippen LogP contribution is -2.29. The van der Waals surface area contributed by atoms with Crippen molar-refractivity contribution in [1.29, 1.82) is 0 Å². The van der Waals surface area contributed by atoms with Crippen molar-refractivity contribution in [2.45, 2.75) is 32.6 Å². The Hall–Kier alpha value is -1.98. The van der Waals surface area contributed by atoms with E-state index in [0.29, 0.717) is 28.7 Å². The zero-order valence-electron chi connectivity index (χ0n) is 15.0. The highest BCUT2D eigenvalue weighted by Crippen LogP contribution is 2.23. The molecule has 2 N–H and O–H groups in total. The van der Waals surface area contributed by atoms with Crippen molar-refractivity contribution < 1.29 is 9.90 Å². The number of amides is 1. The number of benzene rings is 1. The number of pyridine rings is 1. The van der Waals surface area contributed by atoms with Gasteiger partial charge in [0.2, 0.25) is 0 Å². The van der Waals surface area contributed by atoms with Crippen LogP contribution in [0.4, 0.5) is 0 Å². The molecule has 7 heteroatoms. The molecule has 0 spiro atoms. The van der Waals surface area contributed by atoms with Crippen LogP contribution in [0.5, 0.6) is 5.75 Å². The van der Waals surface area contributed by atoms with Crippen LogP contribution in [0.2, 0.25) is 10.0 Å². The van der Waals surface area contributed by atoms with Gasteiger partial charge in [-0.1, -0.05) is 43.1 Å². The molecule has 0 bridgehead atoms. The molecule has 0 aliphatic carbocycles. The summed E-state index contributed by atoms with van der Waals surface area (Å²) >= 11 is 11.9. The fraction of sp³-hybridized carbons (Fsp3) is 0.368. The van der Waals surface area contributed by atoms with Gasteiger partial charge in [-0.25, -0.2) is 0 Å². The summed E-state index contributed by atoms with van der Waals surface area (Å²) in [6.07, 6.45) is 1.44. The van der Waals surface area contributed by atoms with Gasteiger partial charge in [-0.15, -0.1) is 0 Å². The fourth-order valence-corrected chi connectivity index (χ4v) is 2.89. The molecule has 1 heterocycles. The van der Waals surface area contributed by atoms with Crippen LogP contribution in [0.1, 0.15) is 47.8 Å². The first-order chi connectivity index (χ1) is 12.2. The first kappa shape index (κ1) is 20.3. The number of rotatable bonds is 6. The van der Waals surface area contributed by atoms with Crippen LogP contribution in [0.25, 0.3) is 0 Å². The molecule has 0 fully saturated rings. The van der Waals surface area contributed by atoms with E-state index in [4.69, 9.17) is 23.2 Å². The smallest absolute Gasteiger partial charge is 0.291 e. The highest BCUT2D eigenvalue weighted by atomic mass is 35.5. The number of H-pyrrole nitrogens is 1. The van der Waals surface area contributed by atoms with Gasteiger partial charge >= 0.3 is 0 Å². The fourth-order valence-electron chi connectivity index (χ4n) is 2.57. The maximum absolute atomic E-state index is 12.6. The van der Waals surface area contributed by atoms with Gasteiger partial charge in [-0.2, -0.15) is 0 Å². The Balaban J connectivity index is 2.05. The predicted molar refractivity (Wildman–Crippen MR) is 105 cm³/mol. The number of aromatic hydroxyl groups is 1. The second kappa shape index (κ2) is 8.60. The Morgan fingerprint density at radius 2 is 1.92 bits per heavy atom. The molecule has 140 valence electrons. The van der Waals surface area contributed by atoms with Gasteiger partial charge in [-0.3, -0.25) is 9.59 Å². The minimum Gasteiger partial charge on any atom is -0.502 e. The van der Waals surface area contributed by atoms with Gasteiger partial charge in [0.1, 0.15) is 0 Å². The van der Waals surface area contributed by atoms with Crippen LogP contribution in [0, 0.1) is 0 Å². The van der Waals surface area contributed by atoms with Crippen molar-refractivity contribution in [3.8, 4) is 5.75 Å². The molecule has 1 amide bonds. The molecule has 0 aliphatic rings. The molecule has 0 atom stereocenters. The minimum atomic E-state index is -0.649. The van der Waals surface area contributed by atoms with E-state index in [9.17, 15) is 14.7 Å². The van der Waals surface area contributed by atoms with E-state index < -0.39 is 11.3 Å². The third kappa shape index (κ3) is 4.80. The second-order valence-corrected chi connectivity index (χ2v) is 7.36. The number of aromatic amines is 1. The lowest BCUT2D eigenvalue weighted by Gasteiger charge is -2.18. The number of aromatic nitrogens is 1. The first-order valence-electron chi connectivity index (χ1n) is 8.36. The lowest BCUT2D eigenvalue weighted by molar-refractivity contribution is 0.0790. The van der Waals surface area contributed by atoms with Gasteiger partial charge in [-0.05, 0) is 42.5 Å². The Kier molecular flexibility index (Phi) is 6.73. The largest absolute Gasteiger partial charge is 0.502 e. The minimum absolute atomic E-state index is 0.0227. The van der Waals surface area contributed by atoms with Crippen molar-refractivity contribution in [2.75, 3.05) is 13.6 Å². The molecule has 0 saturated heterocycles. The van der Waals surface area contributed by atoms with Gasteiger partial charge < -0.3 is 15.0 Å². The average molecular weight is 397 g/mol. The van der Waals surface area contributed by atoms with Crippen molar-refractivity contribution in [3.63, 3.8) is 0 Å². The molecular weight excluding hydrogens is 375 g/mol. The third-order valence-electron chi connectivity index (χ3n) is 4.17. The maximum atomic E-state index is 12.6. The van der Waals surface area contributed by atoms with Gasteiger partial charge in [0, 0.05) is 19.3 Å². The van der Waals surface area contributed by atoms with Crippen molar-refractivity contribution in [3.05, 3.63) is 61.5 Å². The predicted octanol–water partition coefficient (Wildman–Crippen LogP) is 4.22. The number of halogens is 2. The SMILES string of the molecule is CC(C)c1cc(C(=O)N(C)CCCc2ccc(Cl)c(Cl)c2)c(O)c(=O)[nH]1. The Morgan fingerprint density at radius 3 is 2.54 bits per heavy atom. The zero-order chi connectivity index (χ0) is 19.4. The summed E-state index contributed by atoms with van der Waals surface area (Å²) in [5, 5.41) is 11.0. The monoisotopic (exact) mass is 396 g/mol. The molecule has 0 radical (unpaired) electrons. The number of hydrogen-bond donors (Lipinski definition) is 2. The van der Waals surface area contributed by atoms with E-state index in [1.165, 1.54) is 4.90 Å². The second-order valence-electron chi connectivity index (χ2n) is 6.55. The van der Waals surface area contributed by atoms with Crippen molar-refractivity contribution in [2.24, 2.45) is 0 Å². The first-order valence-corrected chi connectivity index (χ1v) is 9.12. The Morgan fingerprint density at radius 1 is 1.23 bits per heavy atom. The number of hydrogen-bond acceptors (Lipinski definition) is 3. The number of aryl methyl sites for hydroxylation is 1. The molecule has 2 aromatic rings. The molecule has 1 aromatic heterocycles. The highest BCUT2D eigenvalue weighted by molar-refractivity contribution is 6.42. The summed E-state index contributed by atoms with van der Waals surface area (Å²) in [5.41, 5.74) is 1.01. The number of carbonyl (C=O) groups excluding carboxylic acids is 1. The van der Waals surface area contributed by atoms with Crippen LogP contribution in [0.15, 0.2) is 29.1 Å². The standard InChI is InChI=1S/C19H22Cl2N2O3/c1-11(2)16-10-13(17(24)18(25)22-16)19(26)23(3)8-4-5-12-6-7-14(20)15(21)9-12/h6-7,9-11,24H,4-5,8H2,1-3H3,(H,22,25). The summed E-state index contributed by atoms with van der Waals surface area (Å²) in [4.78, 5) is 28.5. The Labute approximate surface area is 162 Å². The van der Waals surface area contributed by atoms with E-state index in [-0.39, 0.29) is 17.4 Å². The van der Waals surface area contributed by atoms with Crippen LogP contribution in [-0.4, -0.2) is 34.5 Å². The zero-order valence-corrected chi connectivity index (χ0v) is 16.5. The van der Waals surface area contributed by atoms with Crippen LogP contribution >= 0.6 is 23.2 Å². The molecule has 2 rings (SSSR count). The molecule has 1 aromatic carbocycles. The highest BCUT2D eigenvalue weighted by Gasteiger charge is 2.20. The third-order valence-corrected chi connectivity index (χ3v) is 4.91. The summed E-state index contributed by atoms with van der Waals surface area (Å²) in [6.45, 7) is 4.28. The van der Waals surface area contributed by atoms with E-state index in [1.54, 1.807) is 19.2 Å². The molecular formula is C19H22Cl2N2O3. The van der Waals surface area contributed by atoms with E-state index in [0.717, 1.165) is 12.0 Å². The van der Waals surface area contributed by atoms with Crippen LogP contribution in [0.3, 0.4) is 0 Å². The van der Waals surface area contributed by atoms with E-state index in [1.807, 2.05) is 26.0 Å². The number of carbonyl (C=O) groups is 1. The van der Waals surface area contributed by atoms with Gasteiger partial charge in [0.05, 0.1) is 15.6 Å². The quantitative estimate of drug-likeness (QED) is 0.767. The van der Waals surface area contributed by atoms with Gasteiger partial charge in [0.25, 0.3) is 11.5 Å². The topological polar surface area (TPSA) is 73.4 Å². The molecule has 0 aliphatic heterocycles. The molecule has 0 saturated carbocycles. The normalized spacial score (nSPS) is 11.0. The summed E-state index contributed by atoms with van der Waals surface area (Å²) in [7, 11) is 1.65. The summed E-state index contributed by atoms with van der Waals surface area (Å²) in [5.74, 6) is -0.893. The van der Waals surface area contributed by atoms with E-state index in [2.05, 4.69) is 4.98 Å². The van der Waals surface area contributed by atoms with Crippen molar-refractivity contribution >= 4 is 29.1 Å². The molecule has 5 nitrogen and oxygen atoms in total. The lowest BCUT2D eigenvalue weighted by atomic mass is 10.1. The van der Waals surface area contributed by atoms with Crippen LogP contribution in [-0.2, 0) is 6.42 Å². The van der Waals surface area contributed by atoms with Crippen molar-refractivity contribution in [1.82, 2.24) is 9.88 Å². The summed E-state index contributed by atoms with van der Waals surface area (Å²) in [6, 6.07) is 6.99.